The first-order valence-corrected chi connectivity index (χ1v) is 18.0. The van der Waals surface area contributed by atoms with E-state index in [0.29, 0.717) is 33.9 Å². The lowest BCUT2D eigenvalue weighted by Gasteiger charge is -2.18. The zero-order valence-corrected chi connectivity index (χ0v) is 32.0. The Labute approximate surface area is 334 Å². The van der Waals surface area contributed by atoms with Crippen LogP contribution in [0.1, 0.15) is 55.8 Å². The Balaban J connectivity index is 0.000000252. The van der Waals surface area contributed by atoms with Crippen LogP contribution in [0.25, 0.3) is 12.2 Å². The third kappa shape index (κ3) is 12.5. The molecule has 6 N–H and O–H groups in total. The number of fused-ring (bicyclic) bond motifs is 6. The molecule has 0 radical (unpaired) electrons. The molecule has 0 fully saturated rings. The summed E-state index contributed by atoms with van der Waals surface area (Å²) in [6, 6.07) is 24.6. The molecule has 6 rings (SSSR count). The number of hydrogen-bond acceptors (Lipinski definition) is 9. The molecule has 2 atom stereocenters. The fourth-order valence-electron chi connectivity index (χ4n) is 5.88. The Kier molecular flexibility index (Phi) is 15.7. The maximum Gasteiger partial charge on any atom is 0.308 e. The van der Waals surface area contributed by atoms with Gasteiger partial charge in [0.15, 0.2) is 0 Å². The van der Waals surface area contributed by atoms with Gasteiger partial charge in [-0.3, -0.25) is 33.5 Å². The number of aryl methyl sites for hydroxylation is 2. The fraction of sp³-hybridized carbons (Fsp3) is 0.209. The van der Waals surface area contributed by atoms with Crippen LogP contribution in [0.15, 0.2) is 97.1 Å². The number of esters is 1. The number of amides is 5. The number of benzene rings is 4. The summed E-state index contributed by atoms with van der Waals surface area (Å²) in [5.74, 6) is -2.79. The molecular formula is C43H44FN5O9. The van der Waals surface area contributed by atoms with Gasteiger partial charge in [0.25, 0.3) is 23.6 Å². The topological polar surface area (TPSA) is 204 Å². The van der Waals surface area contributed by atoms with Gasteiger partial charge in [0, 0.05) is 11.1 Å². The third-order valence-electron chi connectivity index (χ3n) is 8.55. The van der Waals surface area contributed by atoms with Crippen LogP contribution in [0.4, 0.5) is 27.5 Å². The average Bonchev–Trinajstić information content (AvgIpc) is 3.17. The van der Waals surface area contributed by atoms with Gasteiger partial charge >= 0.3 is 5.97 Å². The van der Waals surface area contributed by atoms with E-state index in [1.54, 1.807) is 97.1 Å². The van der Waals surface area contributed by atoms with Crippen molar-refractivity contribution in [1.29, 1.82) is 0 Å². The molecule has 0 spiro atoms. The number of nitrogens with one attached hydrogen (secondary N) is 4. The summed E-state index contributed by atoms with van der Waals surface area (Å²) in [6.45, 7) is 4.05. The van der Waals surface area contributed by atoms with E-state index in [0.717, 1.165) is 22.3 Å². The minimum atomic E-state index is -1.04. The van der Waals surface area contributed by atoms with E-state index in [1.165, 1.54) is 7.11 Å². The number of hydrogen-bond donors (Lipinski definition) is 5. The van der Waals surface area contributed by atoms with Gasteiger partial charge in [-0.2, -0.15) is 0 Å². The molecule has 4 bridgehead atoms. The van der Waals surface area contributed by atoms with Crippen molar-refractivity contribution in [2.24, 2.45) is 5.73 Å². The number of nitrogens with two attached hydrogens (primary N) is 1. The van der Waals surface area contributed by atoms with Crippen LogP contribution in [0.3, 0.4) is 0 Å². The lowest BCUT2D eigenvalue weighted by molar-refractivity contribution is -0.147. The molecule has 2 heterocycles. The zero-order valence-electron chi connectivity index (χ0n) is 32.0. The maximum absolute atomic E-state index is 12.8. The number of rotatable bonds is 4. The van der Waals surface area contributed by atoms with Gasteiger partial charge in [-0.05, 0) is 84.6 Å². The van der Waals surface area contributed by atoms with Crippen LogP contribution in [-0.2, 0) is 33.4 Å². The predicted molar refractivity (Wildman–Crippen MR) is 219 cm³/mol. The van der Waals surface area contributed by atoms with Gasteiger partial charge in [0.05, 0.1) is 55.9 Å². The Morgan fingerprint density at radius 1 is 0.638 bits per heavy atom. The highest BCUT2D eigenvalue weighted by molar-refractivity contribution is 6.09. The summed E-state index contributed by atoms with van der Waals surface area (Å²) in [5.41, 5.74) is 11.5. The molecule has 0 saturated heterocycles. The molecule has 0 aromatic heterocycles. The lowest BCUT2D eigenvalue weighted by Crippen LogP contribution is -2.35. The van der Waals surface area contributed by atoms with Crippen molar-refractivity contribution in [2.45, 2.75) is 38.9 Å². The average molecular weight is 794 g/mol. The molecule has 15 heteroatoms. The molecule has 4 aromatic carbocycles. The monoisotopic (exact) mass is 793 g/mol. The maximum atomic E-state index is 12.8. The van der Waals surface area contributed by atoms with Crippen LogP contribution in [0, 0.1) is 13.8 Å². The first-order chi connectivity index (χ1) is 27.4. The van der Waals surface area contributed by atoms with Crippen molar-refractivity contribution >= 4 is 70.4 Å². The number of methoxy groups -OCH3 is 1. The summed E-state index contributed by atoms with van der Waals surface area (Å²) < 4.78 is 15.8. The van der Waals surface area contributed by atoms with Gasteiger partial charge in [0.2, 0.25) is 5.91 Å². The fourth-order valence-corrected chi connectivity index (χ4v) is 5.88. The molecule has 4 aromatic rings. The van der Waals surface area contributed by atoms with E-state index in [-0.39, 0.29) is 42.6 Å². The predicted octanol–water partition coefficient (Wildman–Crippen LogP) is 5.79. The number of anilines is 4. The highest BCUT2D eigenvalue weighted by Crippen LogP contribution is 2.25. The summed E-state index contributed by atoms with van der Waals surface area (Å²) in [4.78, 5) is 73.8. The van der Waals surface area contributed by atoms with Crippen molar-refractivity contribution in [3.63, 3.8) is 0 Å². The van der Waals surface area contributed by atoms with Crippen molar-refractivity contribution in [2.75, 3.05) is 41.6 Å². The third-order valence-corrected chi connectivity index (χ3v) is 8.55. The molecule has 2 aliphatic heterocycles. The standard InChI is InChI=1S/C22H22N2O5.C21H21N3O4.FH/c1-14-10-15-6-5-9-29-19(13-20(25)28-2)22(27)24-18-8-4-3-7-17(18)23-21(26)16(11-14)12-15;1-13-9-14-5-4-8-28-18(12-19(22)25)21(27)24-17-7-3-2-6-16(17)23-20(26)15(10-13)11-14;/h3-8,10-12,19H,9,13H2,1-2H3,(H,23,26)(H,24,27);2-7,9-11,18H,8,12H2,1H3,(H2,22,25)(H,23,26)(H,24,27);1H/b6-5-;5-4-;/t19-;18-;/m00./s1. The second-order valence-electron chi connectivity index (χ2n) is 13.1. The van der Waals surface area contributed by atoms with Gasteiger partial charge in [-0.15, -0.1) is 0 Å². The van der Waals surface area contributed by atoms with Crippen LogP contribution >= 0.6 is 0 Å². The number of primary amides is 1. The van der Waals surface area contributed by atoms with E-state index in [1.807, 2.05) is 26.0 Å². The van der Waals surface area contributed by atoms with E-state index in [2.05, 4.69) is 26.0 Å². The Bertz CT molecular complexity index is 2240. The molecule has 14 nitrogen and oxygen atoms in total. The number of halogens is 1. The number of para-hydroxylation sites is 4. The van der Waals surface area contributed by atoms with E-state index in [9.17, 15) is 28.8 Å². The van der Waals surface area contributed by atoms with Crippen LogP contribution in [0.5, 0.6) is 0 Å². The second kappa shape index (κ2) is 20.8. The first kappa shape index (κ1) is 43.8. The Morgan fingerprint density at radius 2 is 1.03 bits per heavy atom. The van der Waals surface area contributed by atoms with Gasteiger partial charge in [-0.1, -0.05) is 60.7 Å². The molecule has 5 amide bonds. The van der Waals surface area contributed by atoms with Crippen molar-refractivity contribution in [3.05, 3.63) is 130 Å². The van der Waals surface area contributed by atoms with Crippen molar-refractivity contribution in [3.8, 4) is 0 Å². The van der Waals surface area contributed by atoms with E-state index < -0.39 is 35.9 Å². The molecule has 302 valence electrons. The van der Waals surface area contributed by atoms with Gasteiger partial charge in [-0.25, -0.2) is 0 Å². The molecule has 0 aliphatic carbocycles. The Morgan fingerprint density at radius 3 is 1.43 bits per heavy atom. The smallest absolute Gasteiger partial charge is 0.308 e. The van der Waals surface area contributed by atoms with Crippen molar-refractivity contribution in [1.82, 2.24) is 0 Å². The first-order valence-electron chi connectivity index (χ1n) is 18.0. The van der Waals surface area contributed by atoms with E-state index >= 15 is 0 Å². The molecule has 0 unspecified atom stereocenters. The highest BCUT2D eigenvalue weighted by Gasteiger charge is 2.25. The largest absolute Gasteiger partial charge is 0.469 e. The van der Waals surface area contributed by atoms with Gasteiger partial charge < -0.3 is 41.2 Å². The lowest BCUT2D eigenvalue weighted by atomic mass is 10.1. The summed E-state index contributed by atoms with van der Waals surface area (Å²) in [6.07, 6.45) is 4.50. The number of ether oxygens (including phenoxy) is 3. The van der Waals surface area contributed by atoms with Crippen LogP contribution in [0.2, 0.25) is 0 Å². The Hall–Kier alpha value is -6.97. The number of carbonyl (C=O) groups is 6. The molecule has 2 aliphatic rings. The normalized spacial score (nSPS) is 17.8. The van der Waals surface area contributed by atoms with Crippen molar-refractivity contribution < 1.29 is 47.7 Å². The quantitative estimate of drug-likeness (QED) is 0.159. The summed E-state index contributed by atoms with van der Waals surface area (Å²) in [7, 11) is 1.25. The zero-order chi connectivity index (χ0) is 40.9. The minimum absolute atomic E-state index is 0. The molecule has 0 saturated carbocycles. The molecular weight excluding hydrogens is 749 g/mol. The SMILES string of the molecule is COC(=O)C[C@@H]1OC/C=C\c2cc(C)cc(c2)C(=O)Nc2ccccc2NC1=O.Cc1cc2cc(c1)C(=O)Nc1ccccc1NC(=O)[C@H](CC(N)=O)OC/C=C\2.F. The van der Waals surface area contributed by atoms with Crippen LogP contribution in [-0.4, -0.2) is 68.0 Å². The summed E-state index contributed by atoms with van der Waals surface area (Å²) >= 11 is 0. The van der Waals surface area contributed by atoms with Crippen LogP contribution < -0.4 is 27.0 Å². The van der Waals surface area contributed by atoms with E-state index in [4.69, 9.17) is 15.2 Å². The number of carbonyl (C=O) groups excluding carboxylic acids is 6. The molecule has 58 heavy (non-hydrogen) atoms. The second-order valence-corrected chi connectivity index (χ2v) is 13.1. The highest BCUT2D eigenvalue weighted by atomic mass is 19.0. The van der Waals surface area contributed by atoms with Gasteiger partial charge in [0.1, 0.15) is 12.2 Å². The minimum Gasteiger partial charge on any atom is -0.469 e. The summed E-state index contributed by atoms with van der Waals surface area (Å²) in [5, 5.41) is 11.1.